The molecule has 0 atom stereocenters. The number of benzene rings is 1. The summed E-state index contributed by atoms with van der Waals surface area (Å²) in [6.45, 7) is 2.24. The van der Waals surface area contributed by atoms with Crippen molar-refractivity contribution in [2.24, 2.45) is 5.92 Å². The van der Waals surface area contributed by atoms with Gasteiger partial charge in [0.1, 0.15) is 0 Å². The first kappa shape index (κ1) is 25.2. The highest BCUT2D eigenvalue weighted by Crippen LogP contribution is 2.38. The minimum atomic E-state index is -0.843. The maximum Gasteiger partial charge on any atom is 0.327 e. The van der Waals surface area contributed by atoms with Crippen LogP contribution in [0.3, 0.4) is 0 Å². The molecule has 0 spiro atoms. The van der Waals surface area contributed by atoms with Gasteiger partial charge in [-0.25, -0.2) is 4.79 Å². The van der Waals surface area contributed by atoms with Crippen LogP contribution in [0.2, 0.25) is 0 Å². The summed E-state index contributed by atoms with van der Waals surface area (Å²) in [6.07, 6.45) is 21.1. The Morgan fingerprint density at radius 3 is 2.42 bits per heavy atom. The van der Waals surface area contributed by atoms with E-state index in [1.165, 1.54) is 87.0 Å². The number of pyridine rings is 1. The van der Waals surface area contributed by atoms with Gasteiger partial charge in [0.2, 0.25) is 0 Å². The number of unbranched alkanes of at least 4 members (excludes halogenated alkanes) is 5. The quantitative estimate of drug-likeness (QED) is 0.248. The van der Waals surface area contributed by atoms with Crippen LogP contribution in [0, 0.1) is 5.92 Å². The van der Waals surface area contributed by atoms with Gasteiger partial charge in [-0.15, -0.1) is 0 Å². The van der Waals surface area contributed by atoms with Gasteiger partial charge in [-0.05, 0) is 80.4 Å². The van der Waals surface area contributed by atoms with Gasteiger partial charge in [0.05, 0.1) is 5.69 Å². The first-order valence-corrected chi connectivity index (χ1v) is 13.1. The van der Waals surface area contributed by atoms with E-state index in [1.54, 1.807) is 6.08 Å². The lowest BCUT2D eigenvalue weighted by molar-refractivity contribution is -0.131. The van der Waals surface area contributed by atoms with Gasteiger partial charge in [0, 0.05) is 17.8 Å². The van der Waals surface area contributed by atoms with E-state index in [0.717, 1.165) is 30.9 Å². The summed E-state index contributed by atoms with van der Waals surface area (Å²) in [7, 11) is 0. The number of allylic oxidation sites excluding steroid dienone is 1. The third kappa shape index (κ3) is 8.79. The number of hydrogen-bond acceptors (Lipinski definition) is 2. The molecule has 0 bridgehead atoms. The first-order valence-electron chi connectivity index (χ1n) is 13.1. The highest BCUT2D eigenvalue weighted by atomic mass is 16.4. The molecule has 1 aliphatic rings. The molecule has 1 aromatic heterocycles. The summed E-state index contributed by atoms with van der Waals surface area (Å²) in [5.74, 6) is 0.727. The molecule has 33 heavy (non-hydrogen) atoms. The average Bonchev–Trinajstić information content (AvgIpc) is 2.84. The summed E-state index contributed by atoms with van der Waals surface area (Å²) in [6, 6.07) is 13.5. The number of aliphatic carboxylic acids is 1. The molecule has 0 aliphatic heterocycles. The second-order valence-electron chi connectivity index (χ2n) is 9.73. The number of carboxylic acids is 1. The maximum absolute atomic E-state index is 10.5. The third-order valence-electron chi connectivity index (χ3n) is 7.16. The topological polar surface area (TPSA) is 50.2 Å². The van der Waals surface area contributed by atoms with Crippen LogP contribution in [-0.2, 0) is 11.2 Å². The monoisotopic (exact) mass is 447 g/mol. The Morgan fingerprint density at radius 1 is 0.970 bits per heavy atom. The molecular weight excluding hydrogens is 406 g/mol. The second-order valence-corrected chi connectivity index (χ2v) is 9.73. The molecule has 2 aromatic rings. The van der Waals surface area contributed by atoms with Gasteiger partial charge < -0.3 is 5.11 Å². The van der Waals surface area contributed by atoms with Crippen LogP contribution in [0.5, 0.6) is 0 Å². The van der Waals surface area contributed by atoms with Crippen LogP contribution in [0.25, 0.3) is 11.3 Å². The van der Waals surface area contributed by atoms with Crippen molar-refractivity contribution in [3.8, 4) is 11.3 Å². The van der Waals surface area contributed by atoms with E-state index in [9.17, 15) is 4.79 Å². The van der Waals surface area contributed by atoms with Crippen LogP contribution in [-0.4, -0.2) is 16.1 Å². The number of rotatable bonds is 13. The predicted molar refractivity (Wildman–Crippen MR) is 137 cm³/mol. The molecule has 0 unspecified atom stereocenters. The fourth-order valence-corrected chi connectivity index (χ4v) is 5.09. The van der Waals surface area contributed by atoms with E-state index >= 15 is 0 Å². The van der Waals surface area contributed by atoms with E-state index in [4.69, 9.17) is 10.1 Å². The van der Waals surface area contributed by atoms with E-state index < -0.39 is 5.97 Å². The summed E-state index contributed by atoms with van der Waals surface area (Å²) < 4.78 is 0. The molecule has 1 aliphatic carbocycles. The molecule has 1 heterocycles. The lowest BCUT2D eigenvalue weighted by atomic mass is 9.77. The van der Waals surface area contributed by atoms with E-state index in [-0.39, 0.29) is 0 Å². The maximum atomic E-state index is 10.5. The van der Waals surface area contributed by atoms with Gasteiger partial charge in [0.25, 0.3) is 0 Å². The average molecular weight is 448 g/mol. The van der Waals surface area contributed by atoms with Crippen molar-refractivity contribution >= 4 is 5.97 Å². The van der Waals surface area contributed by atoms with Gasteiger partial charge in [-0.3, -0.25) is 4.98 Å². The van der Waals surface area contributed by atoms with Crippen molar-refractivity contribution in [1.82, 2.24) is 4.98 Å². The van der Waals surface area contributed by atoms with Crippen LogP contribution in [0.15, 0.2) is 54.7 Å². The summed E-state index contributed by atoms with van der Waals surface area (Å²) in [5.41, 5.74) is 5.11. The van der Waals surface area contributed by atoms with Gasteiger partial charge in [0.15, 0.2) is 0 Å². The zero-order chi connectivity index (χ0) is 23.3. The third-order valence-corrected chi connectivity index (χ3v) is 7.16. The van der Waals surface area contributed by atoms with Crippen molar-refractivity contribution in [3.63, 3.8) is 0 Å². The van der Waals surface area contributed by atoms with E-state index in [0.29, 0.717) is 5.92 Å². The molecular formula is C30H41NO2. The highest BCUT2D eigenvalue weighted by Gasteiger charge is 2.22. The minimum absolute atomic E-state index is 0.699. The number of carbonyl (C=O) groups is 1. The lowest BCUT2D eigenvalue weighted by Gasteiger charge is -2.29. The van der Waals surface area contributed by atoms with E-state index in [2.05, 4.69) is 43.3 Å². The molecule has 1 N–H and O–H groups in total. The summed E-state index contributed by atoms with van der Waals surface area (Å²) in [4.78, 5) is 15.2. The fraction of sp³-hybridized carbons (Fsp3) is 0.533. The van der Waals surface area contributed by atoms with Crippen molar-refractivity contribution in [1.29, 1.82) is 0 Å². The largest absolute Gasteiger partial charge is 0.478 e. The molecule has 0 saturated heterocycles. The van der Waals surface area contributed by atoms with Crippen molar-refractivity contribution in [3.05, 3.63) is 65.9 Å². The number of carboxylic acid groups (broad SMARTS) is 1. The molecule has 0 radical (unpaired) electrons. The molecule has 1 saturated carbocycles. The molecule has 178 valence electrons. The van der Waals surface area contributed by atoms with Gasteiger partial charge in [-0.1, -0.05) is 75.4 Å². The number of aromatic nitrogens is 1. The molecule has 1 aromatic carbocycles. The summed E-state index contributed by atoms with van der Waals surface area (Å²) in [5, 5.41) is 8.61. The smallest absolute Gasteiger partial charge is 0.327 e. The molecule has 0 amide bonds. The van der Waals surface area contributed by atoms with Crippen molar-refractivity contribution in [2.45, 2.75) is 96.3 Å². The first-order chi connectivity index (χ1) is 16.2. The fourth-order valence-electron chi connectivity index (χ4n) is 5.09. The Hall–Kier alpha value is -2.42. The Kier molecular flexibility index (Phi) is 10.7. The normalized spacial score (nSPS) is 18.6. The van der Waals surface area contributed by atoms with Crippen LogP contribution in [0.1, 0.15) is 101 Å². The predicted octanol–water partition coefficient (Wildman–Crippen LogP) is 8.35. The van der Waals surface area contributed by atoms with Crippen molar-refractivity contribution < 1.29 is 9.90 Å². The Morgan fingerprint density at radius 2 is 1.76 bits per heavy atom. The molecule has 3 heteroatoms. The molecule has 3 rings (SSSR count). The van der Waals surface area contributed by atoms with Gasteiger partial charge >= 0.3 is 5.97 Å². The summed E-state index contributed by atoms with van der Waals surface area (Å²) >= 11 is 0. The standard InChI is InChI=1S/C30H41NO2/c1-2-3-7-11-25-15-22-29(31-23-25)28-20-18-27(19-21-28)26-16-13-24(14-17-26)10-8-5-4-6-9-12-30(32)33/h9,12,15,18-24,26H,2-8,10-11,13-14,16-17H2,1H3,(H,32,33)/b12-9+. The molecule has 3 nitrogen and oxygen atoms in total. The Balaban J connectivity index is 1.38. The Bertz CT molecular complexity index is 846. The van der Waals surface area contributed by atoms with Crippen LogP contribution in [0.4, 0.5) is 0 Å². The Labute approximate surface area is 200 Å². The van der Waals surface area contributed by atoms with Crippen LogP contribution >= 0.6 is 0 Å². The number of aryl methyl sites for hydroxylation is 1. The molecule has 1 fully saturated rings. The highest BCUT2D eigenvalue weighted by molar-refractivity contribution is 5.79. The van der Waals surface area contributed by atoms with Crippen LogP contribution < -0.4 is 0 Å². The SMILES string of the molecule is CCCCCc1ccc(-c2ccc(C3CCC(CCCCC/C=C/C(=O)O)CC3)cc2)nc1. The zero-order valence-electron chi connectivity index (χ0n) is 20.3. The minimum Gasteiger partial charge on any atom is -0.478 e. The van der Waals surface area contributed by atoms with Gasteiger partial charge in [-0.2, -0.15) is 0 Å². The lowest BCUT2D eigenvalue weighted by Crippen LogP contribution is -2.13. The second kappa shape index (κ2) is 14.0. The zero-order valence-corrected chi connectivity index (χ0v) is 20.3. The van der Waals surface area contributed by atoms with Crippen molar-refractivity contribution in [2.75, 3.05) is 0 Å². The number of hydrogen-bond donors (Lipinski definition) is 1. The number of nitrogens with zero attached hydrogens (tertiary/aromatic N) is 1. The van der Waals surface area contributed by atoms with E-state index in [1.807, 2.05) is 6.20 Å².